The van der Waals surface area contributed by atoms with E-state index in [0.717, 1.165) is 11.1 Å². The molecule has 3 aromatic heterocycles. The van der Waals surface area contributed by atoms with Crippen LogP contribution in [0.25, 0.3) is 31.8 Å². The maximum absolute atomic E-state index is 15.0. The number of carbonyl (C=O) groups excluding carboxylic acids is 2. The van der Waals surface area contributed by atoms with Crippen molar-refractivity contribution in [1.29, 1.82) is 0 Å². The van der Waals surface area contributed by atoms with E-state index in [4.69, 9.17) is 18.9 Å². The summed E-state index contributed by atoms with van der Waals surface area (Å²) in [5.74, 6) is -0.503. The summed E-state index contributed by atoms with van der Waals surface area (Å²) in [6.07, 6.45) is 0.958. The summed E-state index contributed by atoms with van der Waals surface area (Å²) in [6.45, 7) is 4.26. The number of aliphatic hydroxyl groups is 1. The van der Waals surface area contributed by atoms with E-state index < -0.39 is 24.1 Å². The molecule has 0 saturated carbocycles. The number of nitrogens with one attached hydrogen (secondary N) is 1. The van der Waals surface area contributed by atoms with Crippen LogP contribution in [0.4, 0.5) is 14.9 Å². The number of aromatic nitrogens is 4. The molecule has 4 heterocycles. The van der Waals surface area contributed by atoms with Crippen LogP contribution < -0.4 is 14.8 Å². The van der Waals surface area contributed by atoms with Gasteiger partial charge < -0.3 is 29.0 Å². The Hall–Kier alpha value is -4.99. The van der Waals surface area contributed by atoms with Gasteiger partial charge in [-0.05, 0) is 43.7 Å². The average molecular weight is 663 g/mol. The normalized spacial score (nSPS) is 15.4. The summed E-state index contributed by atoms with van der Waals surface area (Å²) >= 11 is 1.37. The minimum atomic E-state index is -0.768. The Morgan fingerprint density at radius 1 is 1.17 bits per heavy atom. The molecule has 47 heavy (non-hydrogen) atoms. The second kappa shape index (κ2) is 13.8. The molecule has 13 nitrogen and oxygen atoms in total. The number of hydrogen-bond donors (Lipinski definition) is 2. The van der Waals surface area contributed by atoms with Crippen LogP contribution in [0, 0.1) is 12.7 Å². The highest BCUT2D eigenvalue weighted by atomic mass is 32.1. The molecule has 1 aliphatic heterocycles. The standard InChI is InChI=1S/C32H31FN6O7S/c1-17-8-21(29-25(9-17)37-28(43-3)13-35-29)30-38-24-10-22(33)26(11-27(24)47-30)45-16-18(2)46-32(42)36-19-4-5-23(34-12-19)31(41)39-6-7-44-20(14-39)15-40/h4-5,8-13,18,20,40H,6-7,14-16H2,1-3H3,(H,36,42)/t18-,20+/m1/s1. The molecule has 2 atom stereocenters. The molecular formula is C32H31FN6O7S. The third-order valence-electron chi connectivity index (χ3n) is 7.29. The van der Waals surface area contributed by atoms with E-state index in [1.807, 2.05) is 19.1 Å². The van der Waals surface area contributed by atoms with Gasteiger partial charge in [0.25, 0.3) is 5.91 Å². The molecule has 5 aromatic rings. The second-order valence-electron chi connectivity index (χ2n) is 10.9. The highest BCUT2D eigenvalue weighted by Gasteiger charge is 2.25. The number of ether oxygens (including phenoxy) is 4. The first-order valence-electron chi connectivity index (χ1n) is 14.7. The molecule has 0 unspecified atom stereocenters. The number of amides is 2. The fourth-order valence-corrected chi connectivity index (χ4v) is 6.00. The SMILES string of the molecule is COc1cnc2c(-c3nc4cc(F)c(OC[C@@H](C)OC(=O)Nc5ccc(C(=O)N6CCO[C@H](CO)C6)nc5)cc4s3)cc(C)cc2n1. The Kier molecular flexibility index (Phi) is 9.38. The first-order valence-corrected chi connectivity index (χ1v) is 15.5. The van der Waals surface area contributed by atoms with Crippen LogP contribution in [0.3, 0.4) is 0 Å². The maximum atomic E-state index is 15.0. The first-order chi connectivity index (χ1) is 22.7. The summed E-state index contributed by atoms with van der Waals surface area (Å²) in [5.41, 5.74) is 4.04. The summed E-state index contributed by atoms with van der Waals surface area (Å²) in [5, 5.41) is 12.5. The summed E-state index contributed by atoms with van der Waals surface area (Å²) in [6, 6.07) is 9.77. The van der Waals surface area contributed by atoms with Crippen LogP contribution in [0.5, 0.6) is 11.6 Å². The molecule has 6 rings (SSSR count). The first kappa shape index (κ1) is 32.0. The number of halogens is 1. The number of anilines is 1. The monoisotopic (exact) mass is 662 g/mol. The Balaban J connectivity index is 1.06. The molecule has 15 heteroatoms. The number of pyridine rings is 1. The Morgan fingerprint density at radius 2 is 2.02 bits per heavy atom. The largest absolute Gasteiger partial charge is 0.487 e. The van der Waals surface area contributed by atoms with Crippen molar-refractivity contribution in [2.45, 2.75) is 26.1 Å². The Morgan fingerprint density at radius 3 is 2.79 bits per heavy atom. The quantitative estimate of drug-likeness (QED) is 0.227. The number of carbonyl (C=O) groups is 2. The van der Waals surface area contributed by atoms with Gasteiger partial charge in [0.15, 0.2) is 11.6 Å². The number of aliphatic hydroxyl groups excluding tert-OH is 1. The average Bonchev–Trinajstić information content (AvgIpc) is 3.49. The van der Waals surface area contributed by atoms with Gasteiger partial charge in [0.05, 0.1) is 65.8 Å². The van der Waals surface area contributed by atoms with Crippen LogP contribution in [0.2, 0.25) is 0 Å². The number of hydrogen-bond acceptors (Lipinski definition) is 12. The van der Waals surface area contributed by atoms with Crippen molar-refractivity contribution in [3.05, 3.63) is 65.9 Å². The lowest BCUT2D eigenvalue weighted by atomic mass is 10.1. The molecule has 0 aliphatic carbocycles. The topological polar surface area (TPSA) is 158 Å². The number of benzene rings is 2. The highest BCUT2D eigenvalue weighted by molar-refractivity contribution is 7.21. The van der Waals surface area contributed by atoms with E-state index in [2.05, 4.69) is 25.3 Å². The van der Waals surface area contributed by atoms with Gasteiger partial charge in [-0.25, -0.2) is 29.1 Å². The second-order valence-corrected chi connectivity index (χ2v) is 11.9. The van der Waals surface area contributed by atoms with Crippen molar-refractivity contribution >= 4 is 50.3 Å². The van der Waals surface area contributed by atoms with Gasteiger partial charge in [-0.3, -0.25) is 10.1 Å². The van der Waals surface area contributed by atoms with Crippen LogP contribution in [0.1, 0.15) is 23.0 Å². The third-order valence-corrected chi connectivity index (χ3v) is 8.34. The van der Waals surface area contributed by atoms with Crippen molar-refractivity contribution in [2.24, 2.45) is 0 Å². The van der Waals surface area contributed by atoms with Gasteiger partial charge in [0.2, 0.25) is 5.88 Å². The lowest BCUT2D eigenvalue weighted by Gasteiger charge is -2.31. The summed E-state index contributed by atoms with van der Waals surface area (Å²) < 4.78 is 37.3. The lowest BCUT2D eigenvalue weighted by Crippen LogP contribution is -2.47. The van der Waals surface area contributed by atoms with Crippen molar-refractivity contribution in [1.82, 2.24) is 24.8 Å². The molecule has 1 fully saturated rings. The molecule has 2 aromatic carbocycles. The van der Waals surface area contributed by atoms with Gasteiger partial charge in [0, 0.05) is 30.8 Å². The number of rotatable bonds is 9. The van der Waals surface area contributed by atoms with Gasteiger partial charge in [0.1, 0.15) is 23.4 Å². The molecule has 1 saturated heterocycles. The lowest BCUT2D eigenvalue weighted by molar-refractivity contribution is -0.0448. The highest BCUT2D eigenvalue weighted by Crippen LogP contribution is 2.37. The summed E-state index contributed by atoms with van der Waals surface area (Å²) in [4.78, 5) is 44.6. The molecule has 0 radical (unpaired) electrons. The molecule has 2 amide bonds. The van der Waals surface area contributed by atoms with Gasteiger partial charge in [-0.15, -0.1) is 11.3 Å². The number of aryl methyl sites for hydroxylation is 1. The van der Waals surface area contributed by atoms with E-state index in [1.54, 1.807) is 24.1 Å². The zero-order chi connectivity index (χ0) is 33.1. The number of methoxy groups -OCH3 is 1. The number of fused-ring (bicyclic) bond motifs is 2. The van der Waals surface area contributed by atoms with E-state index in [9.17, 15) is 14.7 Å². The summed E-state index contributed by atoms with van der Waals surface area (Å²) in [7, 11) is 1.53. The van der Waals surface area contributed by atoms with Crippen LogP contribution >= 0.6 is 11.3 Å². The molecule has 0 bridgehead atoms. The molecule has 244 valence electrons. The fourth-order valence-electron chi connectivity index (χ4n) is 5.01. The molecule has 1 aliphatic rings. The van der Waals surface area contributed by atoms with Crippen LogP contribution in [0.15, 0.2) is 48.8 Å². The molecule has 2 N–H and O–H groups in total. The smallest absolute Gasteiger partial charge is 0.412 e. The zero-order valence-corrected chi connectivity index (χ0v) is 26.5. The van der Waals surface area contributed by atoms with E-state index in [0.29, 0.717) is 51.0 Å². The minimum Gasteiger partial charge on any atom is -0.487 e. The predicted octanol–water partition coefficient (Wildman–Crippen LogP) is 4.61. The molecular weight excluding hydrogens is 631 g/mol. The van der Waals surface area contributed by atoms with Gasteiger partial charge >= 0.3 is 6.09 Å². The Bertz CT molecular complexity index is 1940. The van der Waals surface area contributed by atoms with Crippen molar-refractivity contribution in [2.75, 3.05) is 45.3 Å². The number of thiazole rings is 1. The van der Waals surface area contributed by atoms with E-state index in [1.165, 1.54) is 42.8 Å². The van der Waals surface area contributed by atoms with E-state index >= 15 is 4.39 Å². The van der Waals surface area contributed by atoms with Crippen molar-refractivity contribution in [3.8, 4) is 22.2 Å². The van der Waals surface area contributed by atoms with Crippen molar-refractivity contribution < 1.29 is 38.0 Å². The number of morpholine rings is 1. The maximum Gasteiger partial charge on any atom is 0.412 e. The van der Waals surface area contributed by atoms with Gasteiger partial charge in [-0.2, -0.15) is 0 Å². The third kappa shape index (κ3) is 7.21. The van der Waals surface area contributed by atoms with E-state index in [-0.39, 0.29) is 37.1 Å². The minimum absolute atomic E-state index is 0.00257. The van der Waals surface area contributed by atoms with Gasteiger partial charge in [-0.1, -0.05) is 0 Å². The molecule has 0 spiro atoms. The fraction of sp³-hybridized carbons (Fsp3) is 0.312. The predicted molar refractivity (Wildman–Crippen MR) is 171 cm³/mol. The van der Waals surface area contributed by atoms with Crippen LogP contribution in [-0.2, 0) is 9.47 Å². The van der Waals surface area contributed by atoms with Crippen LogP contribution in [-0.4, -0.2) is 94.2 Å². The Labute approximate surface area is 272 Å². The zero-order valence-electron chi connectivity index (χ0n) is 25.7. The number of nitrogens with zero attached hydrogens (tertiary/aromatic N) is 5. The van der Waals surface area contributed by atoms with Crippen molar-refractivity contribution in [3.63, 3.8) is 0 Å².